The van der Waals surface area contributed by atoms with Crippen molar-refractivity contribution in [2.45, 2.75) is 33.2 Å². The molecule has 1 rings (SSSR count). The van der Waals surface area contributed by atoms with E-state index in [1.165, 1.54) is 4.90 Å². The molecule has 2 amide bonds. The number of nitrogens with zero attached hydrogens (tertiary/aromatic N) is 1. The highest BCUT2D eigenvalue weighted by Gasteiger charge is 2.18. The van der Waals surface area contributed by atoms with E-state index in [1.54, 1.807) is 32.4 Å². The second kappa shape index (κ2) is 9.02. The van der Waals surface area contributed by atoms with Crippen LogP contribution in [-0.2, 0) is 16.0 Å². The molecule has 1 N–H and O–H groups in total. The monoisotopic (exact) mass is 322 g/mol. The zero-order chi connectivity index (χ0) is 17.4. The third-order valence-electron chi connectivity index (χ3n) is 3.35. The van der Waals surface area contributed by atoms with Crippen molar-refractivity contribution in [3.05, 3.63) is 23.8 Å². The van der Waals surface area contributed by atoms with Gasteiger partial charge in [-0.1, -0.05) is 0 Å². The van der Waals surface area contributed by atoms with Gasteiger partial charge >= 0.3 is 0 Å². The molecule has 0 aliphatic rings. The predicted molar refractivity (Wildman–Crippen MR) is 88.8 cm³/mol. The van der Waals surface area contributed by atoms with Crippen molar-refractivity contribution in [3.63, 3.8) is 0 Å². The van der Waals surface area contributed by atoms with E-state index in [0.717, 1.165) is 5.56 Å². The van der Waals surface area contributed by atoms with Crippen LogP contribution in [0.25, 0.3) is 0 Å². The first-order valence-electron chi connectivity index (χ1n) is 7.69. The molecule has 0 atom stereocenters. The largest absolute Gasteiger partial charge is 0.497 e. The molecular weight excluding hydrogens is 296 g/mol. The van der Waals surface area contributed by atoms with Gasteiger partial charge in [-0.3, -0.25) is 9.59 Å². The van der Waals surface area contributed by atoms with E-state index in [0.29, 0.717) is 18.0 Å². The lowest BCUT2D eigenvalue weighted by molar-refractivity contribution is -0.135. The lowest BCUT2D eigenvalue weighted by Crippen LogP contribution is -2.43. The Kier molecular flexibility index (Phi) is 7.38. The van der Waals surface area contributed by atoms with Gasteiger partial charge < -0.3 is 19.7 Å². The summed E-state index contributed by atoms with van der Waals surface area (Å²) in [6.45, 7) is 6.15. The number of nitrogens with one attached hydrogen (secondary N) is 1. The average Bonchev–Trinajstić information content (AvgIpc) is 2.51. The summed E-state index contributed by atoms with van der Waals surface area (Å²) in [7, 11) is 3.13. The molecule has 1 aromatic carbocycles. The van der Waals surface area contributed by atoms with Crippen LogP contribution in [-0.4, -0.2) is 50.1 Å². The highest BCUT2D eigenvalue weighted by Crippen LogP contribution is 2.24. The Balaban J connectivity index is 2.81. The molecule has 0 spiro atoms. The molecule has 0 heterocycles. The van der Waals surface area contributed by atoms with Gasteiger partial charge in [0.25, 0.3) is 0 Å². The van der Waals surface area contributed by atoms with Gasteiger partial charge in [-0.2, -0.15) is 0 Å². The van der Waals surface area contributed by atoms with Crippen molar-refractivity contribution in [3.8, 4) is 11.5 Å². The minimum absolute atomic E-state index is 0.0507. The van der Waals surface area contributed by atoms with Crippen LogP contribution >= 0.6 is 0 Å². The summed E-state index contributed by atoms with van der Waals surface area (Å²) in [5.74, 6) is 1.00. The quantitative estimate of drug-likeness (QED) is 0.790. The smallest absolute Gasteiger partial charge is 0.239 e. The van der Waals surface area contributed by atoms with Gasteiger partial charge in [0.2, 0.25) is 11.8 Å². The number of carbonyl (C=O) groups excluding carboxylic acids is 2. The van der Waals surface area contributed by atoms with Crippen LogP contribution < -0.4 is 14.8 Å². The van der Waals surface area contributed by atoms with Crippen molar-refractivity contribution in [1.82, 2.24) is 10.2 Å². The van der Waals surface area contributed by atoms with E-state index < -0.39 is 0 Å². The fourth-order valence-electron chi connectivity index (χ4n) is 2.21. The van der Waals surface area contributed by atoms with Gasteiger partial charge in [-0.05, 0) is 39.0 Å². The van der Waals surface area contributed by atoms with Crippen molar-refractivity contribution >= 4 is 11.8 Å². The van der Waals surface area contributed by atoms with E-state index in [2.05, 4.69) is 5.32 Å². The van der Waals surface area contributed by atoms with E-state index in [9.17, 15) is 9.59 Å². The zero-order valence-electron chi connectivity index (χ0n) is 14.5. The maximum Gasteiger partial charge on any atom is 0.239 e. The van der Waals surface area contributed by atoms with E-state index >= 15 is 0 Å². The number of likely N-dealkylation sites (N-methyl/N-ethyl adjacent to an activating group) is 1. The van der Waals surface area contributed by atoms with Crippen LogP contribution in [0.5, 0.6) is 11.5 Å². The maximum absolute atomic E-state index is 12.5. The Morgan fingerprint density at radius 3 is 2.43 bits per heavy atom. The molecule has 23 heavy (non-hydrogen) atoms. The van der Waals surface area contributed by atoms with Gasteiger partial charge in [0, 0.05) is 18.2 Å². The maximum atomic E-state index is 12.5. The highest BCUT2D eigenvalue weighted by molar-refractivity contribution is 5.86. The molecule has 0 saturated heterocycles. The van der Waals surface area contributed by atoms with Crippen LogP contribution in [0.4, 0.5) is 0 Å². The molecule has 0 fully saturated rings. The number of methoxy groups -OCH3 is 2. The molecule has 0 saturated carbocycles. The summed E-state index contributed by atoms with van der Waals surface area (Å²) in [5.41, 5.74) is 0.736. The first-order valence-corrected chi connectivity index (χ1v) is 7.69. The van der Waals surface area contributed by atoms with E-state index in [-0.39, 0.29) is 30.8 Å². The highest BCUT2D eigenvalue weighted by atomic mass is 16.5. The van der Waals surface area contributed by atoms with Crippen LogP contribution in [0.2, 0.25) is 0 Å². The minimum atomic E-state index is -0.159. The predicted octanol–water partition coefficient (Wildman–Crippen LogP) is 1.62. The van der Waals surface area contributed by atoms with Gasteiger partial charge in [0.05, 0.1) is 27.2 Å². The van der Waals surface area contributed by atoms with Crippen molar-refractivity contribution in [2.24, 2.45) is 0 Å². The van der Waals surface area contributed by atoms with Gasteiger partial charge in [0.1, 0.15) is 11.5 Å². The molecule has 0 aliphatic heterocycles. The molecule has 0 aliphatic carbocycles. The Hall–Kier alpha value is -2.24. The number of benzene rings is 1. The fourth-order valence-corrected chi connectivity index (χ4v) is 2.21. The number of carbonyl (C=O) groups is 2. The molecule has 6 heteroatoms. The number of rotatable bonds is 8. The van der Waals surface area contributed by atoms with E-state index in [4.69, 9.17) is 9.47 Å². The lowest BCUT2D eigenvalue weighted by atomic mass is 10.1. The Morgan fingerprint density at radius 2 is 1.91 bits per heavy atom. The Bertz CT molecular complexity index is 543. The minimum Gasteiger partial charge on any atom is -0.497 e. The summed E-state index contributed by atoms with van der Waals surface area (Å²) in [6.07, 6.45) is 0.156. The number of ether oxygens (including phenoxy) is 2. The molecule has 0 radical (unpaired) electrons. The summed E-state index contributed by atoms with van der Waals surface area (Å²) < 4.78 is 10.5. The molecule has 6 nitrogen and oxygen atoms in total. The second-order valence-electron chi connectivity index (χ2n) is 5.48. The summed E-state index contributed by atoms with van der Waals surface area (Å²) >= 11 is 0. The average molecular weight is 322 g/mol. The van der Waals surface area contributed by atoms with Gasteiger partial charge in [-0.25, -0.2) is 0 Å². The normalized spacial score (nSPS) is 10.3. The Labute approximate surface area is 137 Å². The molecular formula is C17H26N2O4. The molecule has 1 aromatic rings. The summed E-state index contributed by atoms with van der Waals surface area (Å²) in [4.78, 5) is 25.9. The zero-order valence-corrected chi connectivity index (χ0v) is 14.5. The van der Waals surface area contributed by atoms with Crippen molar-refractivity contribution < 1.29 is 19.1 Å². The van der Waals surface area contributed by atoms with Crippen LogP contribution in [0, 0.1) is 0 Å². The standard InChI is InChI=1S/C17H26N2O4/c1-6-19(11-16(20)18-12(2)3)17(21)10-13-9-14(22-4)7-8-15(13)23-5/h7-9,12H,6,10-11H2,1-5H3,(H,18,20). The van der Waals surface area contributed by atoms with Crippen LogP contribution in [0.1, 0.15) is 26.3 Å². The van der Waals surface area contributed by atoms with Crippen LogP contribution in [0.15, 0.2) is 18.2 Å². The first-order chi connectivity index (χ1) is 10.9. The molecule has 0 aromatic heterocycles. The third-order valence-corrected chi connectivity index (χ3v) is 3.35. The van der Waals surface area contributed by atoms with Gasteiger partial charge in [0.15, 0.2) is 0 Å². The topological polar surface area (TPSA) is 67.9 Å². The molecule has 0 unspecified atom stereocenters. The van der Waals surface area contributed by atoms with Gasteiger partial charge in [-0.15, -0.1) is 0 Å². The summed E-state index contributed by atoms with van der Waals surface area (Å²) in [6, 6.07) is 5.37. The van der Waals surface area contributed by atoms with E-state index in [1.807, 2.05) is 20.8 Å². The Morgan fingerprint density at radius 1 is 1.22 bits per heavy atom. The first kappa shape index (κ1) is 18.8. The molecule has 128 valence electrons. The number of hydrogen-bond acceptors (Lipinski definition) is 4. The number of hydrogen-bond donors (Lipinski definition) is 1. The van der Waals surface area contributed by atoms with Crippen molar-refractivity contribution in [2.75, 3.05) is 27.3 Å². The third kappa shape index (κ3) is 5.81. The number of amides is 2. The molecule has 0 bridgehead atoms. The second-order valence-corrected chi connectivity index (χ2v) is 5.48. The summed E-state index contributed by atoms with van der Waals surface area (Å²) in [5, 5.41) is 2.79. The fraction of sp³-hybridized carbons (Fsp3) is 0.529. The lowest BCUT2D eigenvalue weighted by Gasteiger charge is -2.22. The SMILES string of the molecule is CCN(CC(=O)NC(C)C)C(=O)Cc1cc(OC)ccc1OC. The van der Waals surface area contributed by atoms with Crippen LogP contribution in [0.3, 0.4) is 0 Å². The van der Waals surface area contributed by atoms with Crippen molar-refractivity contribution in [1.29, 1.82) is 0 Å².